The van der Waals surface area contributed by atoms with Crippen LogP contribution in [0.4, 0.5) is 5.82 Å². The lowest BCUT2D eigenvalue weighted by atomic mass is 9.64. The fourth-order valence-corrected chi connectivity index (χ4v) is 4.66. The summed E-state index contributed by atoms with van der Waals surface area (Å²) >= 11 is 0. The summed E-state index contributed by atoms with van der Waals surface area (Å²) in [5.74, 6) is 1.19. The third-order valence-corrected chi connectivity index (χ3v) is 7.35. The van der Waals surface area contributed by atoms with Gasteiger partial charge in [0.25, 0.3) is 0 Å². The lowest BCUT2D eigenvalue weighted by Crippen LogP contribution is -2.32. The van der Waals surface area contributed by atoms with E-state index in [1.807, 2.05) is 24.0 Å². The van der Waals surface area contributed by atoms with Gasteiger partial charge < -0.3 is 5.73 Å². The molecule has 0 fully saturated rings. The first-order chi connectivity index (χ1) is 15.1. The van der Waals surface area contributed by atoms with Crippen molar-refractivity contribution in [2.24, 2.45) is 18.4 Å². The lowest BCUT2D eigenvalue weighted by molar-refractivity contribution is -0.647. The highest BCUT2D eigenvalue weighted by Crippen LogP contribution is 2.44. The van der Waals surface area contributed by atoms with E-state index in [-0.39, 0.29) is 11.2 Å². The van der Waals surface area contributed by atoms with Gasteiger partial charge >= 0.3 is 5.65 Å². The summed E-state index contributed by atoms with van der Waals surface area (Å²) in [6, 6.07) is 0. The van der Waals surface area contributed by atoms with Gasteiger partial charge in [-0.15, -0.1) is 0 Å². The number of hydrogen-bond donors (Lipinski definition) is 1. The highest BCUT2D eigenvalue weighted by Gasteiger charge is 2.36. The Bertz CT molecular complexity index is 1090. The number of rotatable bonds is 8. The Balaban J connectivity index is 1.54. The second-order valence-electron chi connectivity index (χ2n) is 9.77. The van der Waals surface area contributed by atoms with E-state index < -0.39 is 0 Å². The summed E-state index contributed by atoms with van der Waals surface area (Å²) in [6.07, 6.45) is 14.9. The average molecular weight is 437 g/mol. The predicted octanol–water partition coefficient (Wildman–Crippen LogP) is 4.85. The van der Waals surface area contributed by atoms with Crippen molar-refractivity contribution in [1.29, 1.82) is 0 Å². The van der Waals surface area contributed by atoms with E-state index in [9.17, 15) is 4.79 Å². The fraction of sp³-hybridized carbons (Fsp3) is 0.538. The largest absolute Gasteiger partial charge is 0.380 e. The summed E-state index contributed by atoms with van der Waals surface area (Å²) in [4.78, 5) is 20.3. The molecule has 2 heterocycles. The van der Waals surface area contributed by atoms with Gasteiger partial charge in [0.15, 0.2) is 24.3 Å². The summed E-state index contributed by atoms with van der Waals surface area (Å²) < 4.78 is 4.07. The van der Waals surface area contributed by atoms with Crippen molar-refractivity contribution in [2.75, 3.05) is 5.73 Å². The molecule has 6 heteroatoms. The minimum atomic E-state index is 0.125. The second kappa shape index (κ2) is 9.80. The first kappa shape index (κ1) is 23.9. The standard InChI is InChI=1S/C26H38N5O/c1-18(10-12-26(5)20(3)14-22(32)15-21(26)4)8-7-9-19(2)11-13-31-17-30(6)25-23(31)24(27)28-16-29-25/h8,11,14,16-17,21H,7,9-10,12-13,15H2,1-6H3,(H2,27,28,29)/q+1/b18-8?,19-11+/t21-,26-/m0/s1. The van der Waals surface area contributed by atoms with Crippen molar-refractivity contribution >= 4 is 22.8 Å². The molecule has 0 saturated heterocycles. The van der Waals surface area contributed by atoms with Crippen molar-refractivity contribution in [3.63, 3.8) is 0 Å². The predicted molar refractivity (Wildman–Crippen MR) is 130 cm³/mol. The summed E-state index contributed by atoms with van der Waals surface area (Å²) in [5, 5.41) is 0. The Morgan fingerprint density at radius 3 is 2.72 bits per heavy atom. The smallest absolute Gasteiger partial charge is 0.307 e. The molecule has 1 aliphatic rings. The van der Waals surface area contributed by atoms with Crippen LogP contribution in [0.2, 0.25) is 0 Å². The zero-order chi connectivity index (χ0) is 23.5. The van der Waals surface area contributed by atoms with Crippen LogP contribution in [0.1, 0.15) is 66.7 Å². The molecule has 0 aromatic carbocycles. The number of aryl methyl sites for hydroxylation is 1. The van der Waals surface area contributed by atoms with Gasteiger partial charge in [-0.2, -0.15) is 4.98 Å². The van der Waals surface area contributed by atoms with Crippen LogP contribution in [0.5, 0.6) is 0 Å². The molecule has 32 heavy (non-hydrogen) atoms. The number of nitrogens with zero attached hydrogens (tertiary/aromatic N) is 4. The highest BCUT2D eigenvalue weighted by molar-refractivity contribution is 5.91. The zero-order valence-electron chi connectivity index (χ0n) is 20.5. The SMILES string of the molecule is CC(=CCC/C(C)=C/Cn1c[n+](C)c2ncnc(N)c21)CC[C@@]1(C)C(C)=CC(=O)C[C@@H]1C. The number of allylic oxidation sites excluding steroid dienone is 6. The van der Waals surface area contributed by atoms with Crippen LogP contribution in [-0.2, 0) is 18.4 Å². The van der Waals surface area contributed by atoms with Crippen molar-refractivity contribution in [2.45, 2.75) is 73.3 Å². The van der Waals surface area contributed by atoms with Crippen molar-refractivity contribution in [1.82, 2.24) is 14.5 Å². The van der Waals surface area contributed by atoms with Gasteiger partial charge in [-0.1, -0.05) is 47.7 Å². The molecule has 2 aromatic heterocycles. The summed E-state index contributed by atoms with van der Waals surface area (Å²) in [7, 11) is 1.97. The molecule has 1 aliphatic carbocycles. The molecular weight excluding hydrogens is 398 g/mol. The first-order valence-corrected chi connectivity index (χ1v) is 11.6. The molecule has 0 bridgehead atoms. The maximum Gasteiger partial charge on any atom is 0.307 e. The molecule has 0 radical (unpaired) electrons. The van der Waals surface area contributed by atoms with Gasteiger partial charge in [-0.05, 0) is 63.9 Å². The summed E-state index contributed by atoms with van der Waals surface area (Å²) in [5.41, 5.74) is 12.0. The maximum absolute atomic E-state index is 11.8. The number of imidazole rings is 1. The maximum atomic E-state index is 11.8. The molecule has 0 amide bonds. The highest BCUT2D eigenvalue weighted by atomic mass is 16.1. The van der Waals surface area contributed by atoms with Gasteiger partial charge in [0.2, 0.25) is 5.52 Å². The lowest BCUT2D eigenvalue weighted by Gasteiger charge is -2.39. The molecule has 0 saturated carbocycles. The third kappa shape index (κ3) is 5.17. The number of carbonyl (C=O) groups excluding carboxylic acids is 1. The van der Waals surface area contributed by atoms with E-state index in [2.05, 4.69) is 61.3 Å². The molecule has 2 N–H and O–H groups in total. The monoisotopic (exact) mass is 436 g/mol. The molecule has 6 nitrogen and oxygen atoms in total. The van der Waals surface area contributed by atoms with E-state index in [1.54, 1.807) is 0 Å². The van der Waals surface area contributed by atoms with Gasteiger partial charge in [0.05, 0.1) is 13.6 Å². The fourth-order valence-electron chi connectivity index (χ4n) is 4.66. The molecule has 172 valence electrons. The average Bonchev–Trinajstić information content (AvgIpc) is 3.06. The van der Waals surface area contributed by atoms with Crippen molar-refractivity contribution in [3.05, 3.63) is 47.6 Å². The molecule has 0 aliphatic heterocycles. The van der Waals surface area contributed by atoms with Crippen LogP contribution in [0, 0.1) is 11.3 Å². The number of aromatic nitrogens is 4. The third-order valence-electron chi connectivity index (χ3n) is 7.35. The Morgan fingerprint density at radius 2 is 2.00 bits per heavy atom. The van der Waals surface area contributed by atoms with Crippen LogP contribution in [0.3, 0.4) is 0 Å². The first-order valence-electron chi connectivity index (χ1n) is 11.6. The van der Waals surface area contributed by atoms with E-state index in [1.165, 1.54) is 23.0 Å². The minimum absolute atomic E-state index is 0.125. The summed E-state index contributed by atoms with van der Waals surface area (Å²) in [6.45, 7) is 11.8. The molecule has 2 atom stereocenters. The quantitative estimate of drug-likeness (QED) is 0.474. The number of hydrogen-bond acceptors (Lipinski definition) is 4. The zero-order valence-corrected chi connectivity index (χ0v) is 20.5. The Labute approximate surface area is 191 Å². The number of carbonyl (C=O) groups is 1. The van der Waals surface area contributed by atoms with Crippen LogP contribution in [0.15, 0.2) is 47.6 Å². The van der Waals surface area contributed by atoms with Crippen LogP contribution >= 0.6 is 0 Å². The van der Waals surface area contributed by atoms with Crippen LogP contribution in [-0.4, -0.2) is 20.3 Å². The van der Waals surface area contributed by atoms with Crippen molar-refractivity contribution < 1.29 is 9.36 Å². The molecule has 2 aromatic rings. The normalized spacial score (nSPS) is 22.5. The van der Waals surface area contributed by atoms with E-state index in [0.29, 0.717) is 18.2 Å². The van der Waals surface area contributed by atoms with Crippen LogP contribution < -0.4 is 10.3 Å². The van der Waals surface area contributed by atoms with Crippen molar-refractivity contribution in [3.8, 4) is 0 Å². The van der Waals surface area contributed by atoms with E-state index in [0.717, 1.165) is 43.4 Å². The topological polar surface area (TPSA) is 77.7 Å². The number of anilines is 1. The van der Waals surface area contributed by atoms with E-state index >= 15 is 0 Å². The minimum Gasteiger partial charge on any atom is -0.380 e. The Hall–Kier alpha value is -2.76. The second-order valence-corrected chi connectivity index (χ2v) is 9.77. The van der Waals surface area contributed by atoms with Gasteiger partial charge in [0.1, 0.15) is 0 Å². The number of nitrogen functional groups attached to an aromatic ring is 1. The number of nitrogens with two attached hydrogens (primary N) is 1. The molecule has 3 rings (SSSR count). The van der Waals surface area contributed by atoms with E-state index in [4.69, 9.17) is 5.73 Å². The number of ketones is 1. The Morgan fingerprint density at radius 1 is 1.28 bits per heavy atom. The molecule has 0 spiro atoms. The van der Waals surface area contributed by atoms with Gasteiger partial charge in [-0.25, -0.2) is 4.57 Å². The molecule has 0 unspecified atom stereocenters. The Kier molecular flexibility index (Phi) is 7.32. The van der Waals surface area contributed by atoms with Gasteiger partial charge in [-0.3, -0.25) is 9.36 Å². The molecular formula is C26H38N5O+. The van der Waals surface area contributed by atoms with Gasteiger partial charge in [0, 0.05) is 6.42 Å². The van der Waals surface area contributed by atoms with Crippen LogP contribution in [0.25, 0.3) is 11.2 Å². The number of fused-ring (bicyclic) bond motifs is 1.